The first-order valence-corrected chi connectivity index (χ1v) is 5.31. The third kappa shape index (κ3) is 3.63. The number of benzene rings is 1. The maximum absolute atomic E-state index is 12.6. The molecule has 1 rings (SSSR count). The van der Waals surface area contributed by atoms with Crippen LogP contribution < -0.4 is 0 Å². The molecule has 17 heavy (non-hydrogen) atoms. The molecule has 0 aliphatic carbocycles. The first-order chi connectivity index (χ1) is 7.71. The summed E-state index contributed by atoms with van der Waals surface area (Å²) in [5.41, 5.74) is -0.446. The van der Waals surface area contributed by atoms with E-state index in [9.17, 15) is 18.3 Å². The molecule has 0 bridgehead atoms. The topological polar surface area (TPSA) is 23.5 Å². The Kier molecular flexibility index (Phi) is 4.03. The predicted molar refractivity (Wildman–Crippen MR) is 59.7 cm³/mol. The Hall–Kier alpha value is -1.23. The molecule has 0 amide bonds. The van der Waals surface area contributed by atoms with Gasteiger partial charge in [0.25, 0.3) is 0 Å². The number of halogens is 3. The summed E-state index contributed by atoms with van der Waals surface area (Å²) < 4.78 is 37.7. The molecule has 0 fully saturated rings. The quantitative estimate of drug-likeness (QED) is 0.886. The van der Waals surface area contributed by atoms with Crippen LogP contribution in [0.5, 0.6) is 5.75 Å². The molecule has 1 aromatic carbocycles. The number of aromatic hydroxyl groups is 1. The van der Waals surface area contributed by atoms with Crippen LogP contribution in [0.15, 0.2) is 18.2 Å². The van der Waals surface area contributed by atoms with Crippen molar-refractivity contribution in [3.05, 3.63) is 29.3 Å². The lowest BCUT2D eigenvalue weighted by Crippen LogP contribution is -2.25. The lowest BCUT2D eigenvalue weighted by atomic mass is 10.1. The maximum Gasteiger partial charge on any atom is 0.419 e. The molecular formula is C12H16F3NO. The van der Waals surface area contributed by atoms with Crippen LogP contribution in [0, 0.1) is 0 Å². The Morgan fingerprint density at radius 2 is 1.88 bits per heavy atom. The Bertz CT molecular complexity index is 388. The second kappa shape index (κ2) is 4.96. The van der Waals surface area contributed by atoms with Crippen molar-refractivity contribution in [3.63, 3.8) is 0 Å². The highest BCUT2D eigenvalue weighted by Gasteiger charge is 2.34. The fraction of sp³-hybridized carbons (Fsp3) is 0.500. The Balaban J connectivity index is 2.97. The molecule has 1 aromatic rings. The largest absolute Gasteiger partial charge is 0.507 e. The van der Waals surface area contributed by atoms with Crippen molar-refractivity contribution in [3.8, 4) is 5.75 Å². The molecule has 0 aliphatic rings. The van der Waals surface area contributed by atoms with Crippen LogP contribution in [0.2, 0.25) is 0 Å². The van der Waals surface area contributed by atoms with Gasteiger partial charge in [-0.3, -0.25) is 4.90 Å². The van der Waals surface area contributed by atoms with Crippen LogP contribution in [0.25, 0.3) is 0 Å². The van der Waals surface area contributed by atoms with Crippen LogP contribution in [-0.2, 0) is 12.7 Å². The summed E-state index contributed by atoms with van der Waals surface area (Å²) in [6.07, 6.45) is -4.52. The van der Waals surface area contributed by atoms with E-state index in [0.717, 1.165) is 12.1 Å². The molecule has 0 aliphatic heterocycles. The van der Waals surface area contributed by atoms with Gasteiger partial charge in [0.2, 0.25) is 0 Å². The lowest BCUT2D eigenvalue weighted by Gasteiger charge is -2.21. The van der Waals surface area contributed by atoms with E-state index in [4.69, 9.17) is 0 Å². The van der Waals surface area contributed by atoms with E-state index in [1.54, 1.807) is 0 Å². The monoisotopic (exact) mass is 247 g/mol. The molecule has 0 saturated heterocycles. The van der Waals surface area contributed by atoms with E-state index in [1.807, 2.05) is 25.8 Å². The van der Waals surface area contributed by atoms with Crippen molar-refractivity contribution in [1.29, 1.82) is 0 Å². The molecule has 0 atom stereocenters. The van der Waals surface area contributed by atoms with Crippen molar-refractivity contribution in [2.75, 3.05) is 7.05 Å². The highest BCUT2D eigenvalue weighted by Crippen LogP contribution is 2.36. The summed E-state index contributed by atoms with van der Waals surface area (Å²) in [6, 6.07) is 3.84. The van der Waals surface area contributed by atoms with Crippen molar-refractivity contribution in [2.45, 2.75) is 32.6 Å². The van der Waals surface area contributed by atoms with Crippen molar-refractivity contribution < 1.29 is 18.3 Å². The van der Waals surface area contributed by atoms with Gasteiger partial charge in [0.15, 0.2) is 0 Å². The van der Waals surface area contributed by atoms with Gasteiger partial charge in [-0.25, -0.2) is 0 Å². The number of hydrogen-bond donors (Lipinski definition) is 1. The van der Waals surface area contributed by atoms with Gasteiger partial charge < -0.3 is 5.11 Å². The van der Waals surface area contributed by atoms with Gasteiger partial charge in [-0.05, 0) is 38.6 Å². The summed E-state index contributed by atoms with van der Waals surface area (Å²) in [7, 11) is 1.84. The van der Waals surface area contributed by atoms with Gasteiger partial charge in [0.1, 0.15) is 5.75 Å². The Morgan fingerprint density at radius 1 is 1.29 bits per heavy atom. The van der Waals surface area contributed by atoms with Gasteiger partial charge in [-0.1, -0.05) is 6.07 Å². The maximum atomic E-state index is 12.6. The zero-order valence-corrected chi connectivity index (χ0v) is 10.0. The molecule has 0 unspecified atom stereocenters. The fourth-order valence-corrected chi connectivity index (χ4v) is 1.38. The summed E-state index contributed by atoms with van der Waals surface area (Å²) in [6.45, 7) is 4.34. The standard InChI is InChI=1S/C12H16F3NO/c1-8(2)16(3)7-9-4-5-11(17)10(6-9)12(13,14)15/h4-6,8,17H,7H2,1-3H3. The molecule has 0 heterocycles. The lowest BCUT2D eigenvalue weighted by molar-refractivity contribution is -0.138. The minimum absolute atomic E-state index is 0.248. The van der Waals surface area contributed by atoms with E-state index in [0.29, 0.717) is 12.1 Å². The minimum Gasteiger partial charge on any atom is -0.507 e. The second-order valence-electron chi connectivity index (χ2n) is 4.36. The zero-order valence-electron chi connectivity index (χ0n) is 10.0. The van der Waals surface area contributed by atoms with Crippen LogP contribution in [0.1, 0.15) is 25.0 Å². The molecule has 0 radical (unpaired) electrons. The average Bonchev–Trinajstić information content (AvgIpc) is 2.19. The van der Waals surface area contributed by atoms with Crippen molar-refractivity contribution in [2.24, 2.45) is 0 Å². The van der Waals surface area contributed by atoms with Crippen molar-refractivity contribution >= 4 is 0 Å². The highest BCUT2D eigenvalue weighted by atomic mass is 19.4. The third-order valence-electron chi connectivity index (χ3n) is 2.68. The van der Waals surface area contributed by atoms with Gasteiger partial charge in [-0.2, -0.15) is 13.2 Å². The Morgan fingerprint density at radius 3 is 2.35 bits per heavy atom. The molecule has 1 N–H and O–H groups in total. The fourth-order valence-electron chi connectivity index (χ4n) is 1.38. The number of phenolic OH excluding ortho intramolecular Hbond substituents is 1. The second-order valence-corrected chi connectivity index (χ2v) is 4.36. The van der Waals surface area contributed by atoms with E-state index in [1.165, 1.54) is 6.07 Å². The summed E-state index contributed by atoms with van der Waals surface area (Å²) in [5, 5.41) is 9.18. The molecule has 5 heteroatoms. The normalized spacial score (nSPS) is 12.5. The van der Waals surface area contributed by atoms with Gasteiger partial charge in [0, 0.05) is 12.6 Å². The van der Waals surface area contributed by atoms with E-state index >= 15 is 0 Å². The number of alkyl halides is 3. The Labute approximate surface area is 98.7 Å². The van der Waals surface area contributed by atoms with E-state index < -0.39 is 17.5 Å². The first-order valence-electron chi connectivity index (χ1n) is 5.31. The molecule has 0 spiro atoms. The van der Waals surface area contributed by atoms with E-state index in [2.05, 4.69) is 0 Å². The van der Waals surface area contributed by atoms with Crippen LogP contribution in [-0.4, -0.2) is 23.1 Å². The van der Waals surface area contributed by atoms with Crippen LogP contribution in [0.3, 0.4) is 0 Å². The zero-order chi connectivity index (χ0) is 13.2. The minimum atomic E-state index is -4.52. The smallest absolute Gasteiger partial charge is 0.419 e. The SMILES string of the molecule is CC(C)N(C)Cc1ccc(O)c(C(F)(F)F)c1. The summed E-state index contributed by atoms with van der Waals surface area (Å²) >= 11 is 0. The molecular weight excluding hydrogens is 231 g/mol. The molecule has 0 saturated carbocycles. The number of rotatable bonds is 3. The number of phenols is 1. The average molecular weight is 247 g/mol. The van der Waals surface area contributed by atoms with Gasteiger partial charge in [0.05, 0.1) is 5.56 Å². The molecule has 2 nitrogen and oxygen atoms in total. The first kappa shape index (κ1) is 13.8. The van der Waals surface area contributed by atoms with Gasteiger partial charge in [-0.15, -0.1) is 0 Å². The summed E-state index contributed by atoms with van der Waals surface area (Å²) in [4.78, 5) is 1.92. The summed E-state index contributed by atoms with van der Waals surface area (Å²) in [5.74, 6) is -0.728. The third-order valence-corrected chi connectivity index (χ3v) is 2.68. The molecule has 0 aromatic heterocycles. The number of hydrogen-bond acceptors (Lipinski definition) is 2. The van der Waals surface area contributed by atoms with Crippen LogP contribution >= 0.6 is 0 Å². The van der Waals surface area contributed by atoms with Crippen LogP contribution in [0.4, 0.5) is 13.2 Å². The van der Waals surface area contributed by atoms with Gasteiger partial charge >= 0.3 is 6.18 Å². The predicted octanol–water partition coefficient (Wildman–Crippen LogP) is 3.25. The van der Waals surface area contributed by atoms with Crippen molar-refractivity contribution in [1.82, 2.24) is 4.90 Å². The highest BCUT2D eigenvalue weighted by molar-refractivity contribution is 5.38. The van der Waals surface area contributed by atoms with E-state index in [-0.39, 0.29) is 6.04 Å². The number of nitrogens with zero attached hydrogens (tertiary/aromatic N) is 1. The molecule has 96 valence electrons.